The molecule has 3 rings (SSSR count). The molecule has 1 aromatic carbocycles. The summed E-state index contributed by atoms with van der Waals surface area (Å²) in [6.07, 6.45) is 3.18. The Hall–Kier alpha value is -2.21. The van der Waals surface area contributed by atoms with Gasteiger partial charge in [-0.05, 0) is 42.5 Å². The largest absolute Gasteiger partial charge is 0.512 e. The van der Waals surface area contributed by atoms with Gasteiger partial charge >= 0.3 is 0 Å². The fourth-order valence-corrected chi connectivity index (χ4v) is 4.35. The highest BCUT2D eigenvalue weighted by molar-refractivity contribution is 5.94. The van der Waals surface area contributed by atoms with Gasteiger partial charge in [0.25, 0.3) is 5.91 Å². The first-order valence-electron chi connectivity index (χ1n) is 10.2. The number of aliphatic hydroxyl groups excluding tert-OH is 1. The monoisotopic (exact) mass is 388 g/mol. The fraction of sp³-hybridized carbons (Fsp3) is 0.591. The molecule has 0 radical (unpaired) electrons. The first-order chi connectivity index (χ1) is 13.5. The van der Waals surface area contributed by atoms with E-state index < -0.39 is 0 Å². The molecule has 1 N–H and O–H groups in total. The molecule has 1 atom stereocenters. The van der Waals surface area contributed by atoms with Crippen molar-refractivity contribution >= 4 is 5.91 Å². The van der Waals surface area contributed by atoms with Crippen LogP contribution in [0.1, 0.15) is 50.3 Å². The van der Waals surface area contributed by atoms with Crippen molar-refractivity contribution in [3.8, 4) is 11.5 Å². The molecule has 0 aromatic heterocycles. The van der Waals surface area contributed by atoms with Crippen LogP contribution in [-0.4, -0.2) is 61.2 Å². The predicted molar refractivity (Wildman–Crippen MR) is 109 cm³/mol. The first kappa shape index (κ1) is 20.5. The molecule has 0 bridgehead atoms. The molecular weight excluding hydrogens is 356 g/mol. The van der Waals surface area contributed by atoms with E-state index in [-0.39, 0.29) is 17.7 Å². The van der Waals surface area contributed by atoms with Crippen molar-refractivity contribution < 1.29 is 19.4 Å². The molecule has 6 nitrogen and oxygen atoms in total. The topological polar surface area (TPSA) is 62.2 Å². The quantitative estimate of drug-likeness (QED) is 0.775. The molecule has 1 aromatic rings. The van der Waals surface area contributed by atoms with E-state index >= 15 is 0 Å². The van der Waals surface area contributed by atoms with E-state index in [1.807, 2.05) is 17.0 Å². The smallest absolute Gasteiger partial charge is 0.254 e. The Kier molecular flexibility index (Phi) is 6.50. The minimum Gasteiger partial charge on any atom is -0.512 e. The highest BCUT2D eigenvalue weighted by Gasteiger charge is 2.37. The maximum absolute atomic E-state index is 13.0. The summed E-state index contributed by atoms with van der Waals surface area (Å²) in [5, 5.41) is 10.8. The zero-order valence-corrected chi connectivity index (χ0v) is 17.5. The fourth-order valence-electron chi connectivity index (χ4n) is 4.35. The lowest BCUT2D eigenvalue weighted by Crippen LogP contribution is -2.44. The van der Waals surface area contributed by atoms with Crippen LogP contribution in [0.4, 0.5) is 0 Å². The van der Waals surface area contributed by atoms with Crippen molar-refractivity contribution in [2.24, 2.45) is 0 Å². The second-order valence-electron chi connectivity index (χ2n) is 7.56. The molecule has 28 heavy (non-hydrogen) atoms. The van der Waals surface area contributed by atoms with Gasteiger partial charge in [-0.2, -0.15) is 0 Å². The van der Waals surface area contributed by atoms with Crippen LogP contribution in [0.15, 0.2) is 23.5 Å². The molecule has 1 unspecified atom stereocenters. The van der Waals surface area contributed by atoms with Gasteiger partial charge in [0.1, 0.15) is 5.76 Å². The number of rotatable bonds is 7. The summed E-state index contributed by atoms with van der Waals surface area (Å²) < 4.78 is 10.9. The van der Waals surface area contributed by atoms with Crippen molar-refractivity contribution in [2.45, 2.75) is 45.6 Å². The number of hydrogen-bond acceptors (Lipinski definition) is 5. The number of ether oxygens (including phenoxy) is 2. The molecule has 0 aliphatic carbocycles. The van der Waals surface area contributed by atoms with Crippen molar-refractivity contribution in [3.05, 3.63) is 34.6 Å². The van der Waals surface area contributed by atoms with Gasteiger partial charge in [-0.15, -0.1) is 0 Å². The van der Waals surface area contributed by atoms with Crippen molar-refractivity contribution in [3.63, 3.8) is 0 Å². The molecule has 0 saturated carbocycles. The van der Waals surface area contributed by atoms with Gasteiger partial charge in [-0.25, -0.2) is 0 Å². The molecule has 0 saturated heterocycles. The highest BCUT2D eigenvalue weighted by Crippen LogP contribution is 2.42. The summed E-state index contributed by atoms with van der Waals surface area (Å²) in [7, 11) is 3.28. The molecule has 2 aliphatic rings. The number of benzene rings is 1. The maximum Gasteiger partial charge on any atom is 0.254 e. The predicted octanol–water partition coefficient (Wildman–Crippen LogP) is 3.47. The van der Waals surface area contributed by atoms with Crippen molar-refractivity contribution in [1.82, 2.24) is 9.80 Å². The summed E-state index contributed by atoms with van der Waals surface area (Å²) in [4.78, 5) is 17.2. The number of methoxy groups -OCH3 is 2. The van der Waals surface area contributed by atoms with Gasteiger partial charge in [0, 0.05) is 38.6 Å². The Labute approximate surface area is 167 Å². The average molecular weight is 389 g/mol. The van der Waals surface area contributed by atoms with Crippen LogP contribution in [0.5, 0.6) is 11.5 Å². The van der Waals surface area contributed by atoms with Crippen LogP contribution in [0.3, 0.4) is 0 Å². The standard InChI is InChI=1S/C22H32N2O4/c1-5-8-23(9-6-2)22(26)17-14-24-10-7-15-11-20(27-3)21(28-4)12-16(15)18(24)13-19(17)25/h11-12,18,25H,5-10,13-14H2,1-4H3. The number of hydrogen-bond donors (Lipinski definition) is 1. The lowest BCUT2D eigenvalue weighted by Gasteiger charge is -2.41. The third kappa shape index (κ3) is 3.83. The van der Waals surface area contributed by atoms with E-state index in [1.54, 1.807) is 14.2 Å². The van der Waals surface area contributed by atoms with Gasteiger partial charge in [-0.1, -0.05) is 13.8 Å². The Morgan fingerprint density at radius 3 is 2.43 bits per heavy atom. The summed E-state index contributed by atoms with van der Waals surface area (Å²) >= 11 is 0. The zero-order chi connectivity index (χ0) is 20.3. The van der Waals surface area contributed by atoms with E-state index in [1.165, 1.54) is 5.56 Å². The van der Waals surface area contributed by atoms with Crippen LogP contribution >= 0.6 is 0 Å². The summed E-state index contributed by atoms with van der Waals surface area (Å²) in [5.74, 6) is 1.64. The van der Waals surface area contributed by atoms with E-state index in [0.29, 0.717) is 24.3 Å². The third-order valence-electron chi connectivity index (χ3n) is 5.74. The molecule has 6 heteroatoms. The number of nitrogens with zero attached hydrogens (tertiary/aromatic N) is 2. The van der Waals surface area contributed by atoms with Crippen LogP contribution in [0.2, 0.25) is 0 Å². The molecular formula is C22H32N2O4. The number of carbonyl (C=O) groups is 1. The van der Waals surface area contributed by atoms with Gasteiger partial charge in [0.05, 0.1) is 19.8 Å². The zero-order valence-electron chi connectivity index (χ0n) is 17.5. The van der Waals surface area contributed by atoms with E-state index in [0.717, 1.165) is 50.2 Å². The summed E-state index contributed by atoms with van der Waals surface area (Å²) in [6, 6.07) is 4.12. The number of aliphatic hydroxyl groups is 1. The van der Waals surface area contributed by atoms with Gasteiger partial charge in [0.15, 0.2) is 11.5 Å². The van der Waals surface area contributed by atoms with Gasteiger partial charge in [0.2, 0.25) is 0 Å². The van der Waals surface area contributed by atoms with E-state index in [9.17, 15) is 9.90 Å². The number of carbonyl (C=O) groups excluding carboxylic acids is 1. The molecule has 2 heterocycles. The van der Waals surface area contributed by atoms with E-state index in [4.69, 9.17) is 9.47 Å². The summed E-state index contributed by atoms with van der Waals surface area (Å²) in [5.41, 5.74) is 2.93. The van der Waals surface area contributed by atoms with E-state index in [2.05, 4.69) is 18.7 Å². The van der Waals surface area contributed by atoms with Gasteiger partial charge in [-0.3, -0.25) is 9.69 Å². The average Bonchev–Trinajstić information content (AvgIpc) is 2.71. The van der Waals surface area contributed by atoms with Crippen molar-refractivity contribution in [1.29, 1.82) is 0 Å². The normalized spacial score (nSPS) is 19.1. The van der Waals surface area contributed by atoms with Crippen LogP contribution in [0.25, 0.3) is 0 Å². The lowest BCUT2D eigenvalue weighted by atomic mass is 9.86. The summed E-state index contributed by atoms with van der Waals surface area (Å²) in [6.45, 7) is 6.96. The molecule has 2 aliphatic heterocycles. The molecule has 154 valence electrons. The SMILES string of the molecule is CCCN(CCC)C(=O)C1=C(O)CC2c3cc(OC)c(OC)cc3CCN2C1. The Morgan fingerprint density at radius 1 is 1.18 bits per heavy atom. The minimum absolute atomic E-state index is 0.0160. The minimum atomic E-state index is -0.0160. The second kappa shape index (κ2) is 8.86. The molecule has 0 fully saturated rings. The Balaban J connectivity index is 1.89. The number of amides is 1. The maximum atomic E-state index is 13.0. The third-order valence-corrected chi connectivity index (χ3v) is 5.74. The van der Waals surface area contributed by atoms with Crippen molar-refractivity contribution in [2.75, 3.05) is 40.4 Å². The van der Waals surface area contributed by atoms with Crippen LogP contribution in [-0.2, 0) is 11.2 Å². The van der Waals surface area contributed by atoms with Crippen LogP contribution < -0.4 is 9.47 Å². The lowest BCUT2D eigenvalue weighted by molar-refractivity contribution is -0.128. The Morgan fingerprint density at radius 2 is 1.82 bits per heavy atom. The first-order valence-corrected chi connectivity index (χ1v) is 10.2. The highest BCUT2D eigenvalue weighted by atomic mass is 16.5. The van der Waals surface area contributed by atoms with Gasteiger partial charge < -0.3 is 19.5 Å². The molecule has 0 spiro atoms. The number of fused-ring (bicyclic) bond motifs is 3. The Bertz CT molecular complexity index is 753. The second-order valence-corrected chi connectivity index (χ2v) is 7.56. The molecule has 1 amide bonds. The van der Waals surface area contributed by atoms with Crippen LogP contribution in [0, 0.1) is 0 Å².